The molecule has 0 aromatic heterocycles. The monoisotopic (exact) mass is 572 g/mol. The molecule has 0 saturated carbocycles. The highest BCUT2D eigenvalue weighted by molar-refractivity contribution is 5.97. The third-order valence-corrected chi connectivity index (χ3v) is 10.2. The van der Waals surface area contributed by atoms with Gasteiger partial charge in [0.15, 0.2) is 0 Å². The van der Waals surface area contributed by atoms with Gasteiger partial charge in [-0.25, -0.2) is 0 Å². The summed E-state index contributed by atoms with van der Waals surface area (Å²) in [5, 5.41) is 13.2. The zero-order valence-corrected chi connectivity index (χ0v) is 25.2. The van der Waals surface area contributed by atoms with E-state index in [9.17, 15) is 9.59 Å². The average molecular weight is 573 g/mol. The first-order valence-electron chi connectivity index (χ1n) is 15.8. The maximum Gasteiger partial charge on any atom is 0.243 e. The molecule has 224 valence electrons. The summed E-state index contributed by atoms with van der Waals surface area (Å²) >= 11 is 0. The number of piperazine rings is 1. The Kier molecular flexibility index (Phi) is 6.77. The van der Waals surface area contributed by atoms with Gasteiger partial charge in [0, 0.05) is 36.3 Å². The molecule has 5 aliphatic rings. The van der Waals surface area contributed by atoms with E-state index < -0.39 is 12.1 Å². The van der Waals surface area contributed by atoms with Crippen molar-refractivity contribution >= 4 is 23.2 Å². The summed E-state index contributed by atoms with van der Waals surface area (Å²) in [5.41, 5.74) is 7.40. The van der Waals surface area contributed by atoms with Crippen molar-refractivity contribution in [1.82, 2.24) is 10.6 Å². The molecule has 0 bridgehead atoms. The quantitative estimate of drug-likeness (QED) is 0.315. The summed E-state index contributed by atoms with van der Waals surface area (Å²) in [6.07, 6.45) is 5.93. The van der Waals surface area contributed by atoms with Crippen molar-refractivity contribution < 1.29 is 19.1 Å². The predicted molar refractivity (Wildman–Crippen MR) is 163 cm³/mol. The molecule has 0 radical (unpaired) electrons. The molecule has 2 amide bonds. The minimum absolute atomic E-state index is 0.0236. The highest BCUT2D eigenvalue weighted by Crippen LogP contribution is 2.41. The van der Waals surface area contributed by atoms with Crippen LogP contribution in [0.1, 0.15) is 87.5 Å². The van der Waals surface area contributed by atoms with Gasteiger partial charge in [-0.2, -0.15) is 0 Å². The third kappa shape index (κ3) is 5.51. The van der Waals surface area contributed by atoms with Gasteiger partial charge in [0.05, 0.1) is 23.4 Å². The molecule has 5 aliphatic heterocycles. The molecule has 5 heterocycles. The summed E-state index contributed by atoms with van der Waals surface area (Å²) in [7, 11) is 0. The number of hydrogen-bond acceptors (Lipinski definition) is 6. The second-order valence-electron chi connectivity index (χ2n) is 14.1. The fourth-order valence-corrected chi connectivity index (χ4v) is 7.29. The summed E-state index contributed by atoms with van der Waals surface area (Å²) < 4.78 is 11.5. The number of carbonyl (C=O) groups is 2. The number of nitrogens with one attached hydrogen (secondary N) is 4. The van der Waals surface area contributed by atoms with Crippen LogP contribution in [-0.4, -0.2) is 60.4 Å². The number of benzene rings is 2. The number of carbonyl (C=O) groups excluding carboxylic acids is 2. The smallest absolute Gasteiger partial charge is 0.243 e. The Morgan fingerprint density at radius 1 is 0.690 bits per heavy atom. The summed E-state index contributed by atoms with van der Waals surface area (Å²) in [6, 6.07) is 12.2. The molecule has 3 fully saturated rings. The lowest BCUT2D eigenvalue weighted by Gasteiger charge is -2.32. The van der Waals surface area contributed by atoms with E-state index in [-0.39, 0.29) is 34.9 Å². The number of rotatable bonds is 10. The van der Waals surface area contributed by atoms with Crippen LogP contribution in [0.25, 0.3) is 0 Å². The second-order valence-corrected chi connectivity index (χ2v) is 14.1. The van der Waals surface area contributed by atoms with E-state index in [1.807, 2.05) is 0 Å². The lowest BCUT2D eigenvalue weighted by atomic mass is 9.89. The number of ether oxygens (including phenoxy) is 2. The Hall–Kier alpha value is -3.10. The predicted octanol–water partition coefficient (Wildman–Crippen LogP) is 4.39. The van der Waals surface area contributed by atoms with Crippen molar-refractivity contribution in [3.63, 3.8) is 0 Å². The van der Waals surface area contributed by atoms with Crippen LogP contribution in [-0.2, 0) is 31.9 Å². The normalized spacial score (nSPS) is 31.3. The zero-order valence-electron chi connectivity index (χ0n) is 25.2. The Balaban J connectivity index is 0.916. The van der Waals surface area contributed by atoms with Crippen LogP contribution in [0.15, 0.2) is 36.4 Å². The van der Waals surface area contributed by atoms with Gasteiger partial charge in [0.25, 0.3) is 0 Å². The molecule has 6 atom stereocenters. The van der Waals surface area contributed by atoms with Gasteiger partial charge in [0.1, 0.15) is 12.1 Å². The van der Waals surface area contributed by atoms with Crippen LogP contribution in [0.3, 0.4) is 0 Å². The van der Waals surface area contributed by atoms with E-state index in [1.165, 1.54) is 22.3 Å². The molecule has 3 saturated heterocycles. The first kappa shape index (κ1) is 27.7. The van der Waals surface area contributed by atoms with Crippen molar-refractivity contribution in [3.05, 3.63) is 58.7 Å². The van der Waals surface area contributed by atoms with Crippen LogP contribution in [0.2, 0.25) is 0 Å². The number of anilines is 2. The van der Waals surface area contributed by atoms with Gasteiger partial charge >= 0.3 is 0 Å². The lowest BCUT2D eigenvalue weighted by Crippen LogP contribution is -2.62. The van der Waals surface area contributed by atoms with Crippen LogP contribution in [0.4, 0.5) is 11.4 Å². The first-order valence-corrected chi connectivity index (χ1v) is 15.8. The average Bonchev–Trinajstić information content (AvgIpc) is 3.58. The summed E-state index contributed by atoms with van der Waals surface area (Å²) in [6.45, 7) is 10.1. The zero-order chi connectivity index (χ0) is 29.2. The van der Waals surface area contributed by atoms with Crippen molar-refractivity contribution in [3.8, 4) is 0 Å². The standard InChI is InChI=1S/C34H44N4O4/c1-33(2)29(41-33)11-7-19-5-9-23-21(17-35-25(23)13-19)15-27-31(39)38-28(32(40)37-27)16-22-18-36-26-14-20(6-10-24(22)26)8-12-30-34(3,4)42-30/h5-6,9-10,13-14,21-22,27-30,35-36H,7-8,11-12,15-18H2,1-4H3,(H,37,40)(H,38,39). The van der Waals surface area contributed by atoms with Crippen LogP contribution in [0, 0.1) is 0 Å². The molecule has 6 unspecified atom stereocenters. The van der Waals surface area contributed by atoms with Gasteiger partial charge in [-0.3, -0.25) is 9.59 Å². The number of aryl methyl sites for hydroxylation is 2. The molecule has 42 heavy (non-hydrogen) atoms. The minimum atomic E-state index is -0.516. The Bertz CT molecular complexity index is 1300. The van der Waals surface area contributed by atoms with Crippen LogP contribution >= 0.6 is 0 Å². The second kappa shape index (κ2) is 10.3. The van der Waals surface area contributed by atoms with Crippen LogP contribution in [0.5, 0.6) is 0 Å². The molecule has 8 nitrogen and oxygen atoms in total. The van der Waals surface area contributed by atoms with Gasteiger partial charge in [-0.15, -0.1) is 0 Å². The maximum atomic E-state index is 13.2. The SMILES string of the molecule is CC1(C)OC1CCc1ccc2c(c1)NCC2CC1NC(=O)C(CC2CNc3cc(CCC4OC4(C)C)ccc32)NC1=O. The molecule has 2 aromatic carbocycles. The van der Waals surface area contributed by atoms with E-state index in [2.05, 4.69) is 85.4 Å². The Morgan fingerprint density at radius 3 is 1.48 bits per heavy atom. The minimum Gasteiger partial charge on any atom is -0.384 e. The maximum absolute atomic E-state index is 13.2. The number of epoxide rings is 2. The van der Waals surface area contributed by atoms with E-state index in [0.29, 0.717) is 25.0 Å². The van der Waals surface area contributed by atoms with Gasteiger partial charge in [-0.1, -0.05) is 24.3 Å². The van der Waals surface area contributed by atoms with Crippen molar-refractivity contribution in [2.45, 2.75) is 114 Å². The van der Waals surface area contributed by atoms with E-state index >= 15 is 0 Å². The molecule has 8 heteroatoms. The fraction of sp³-hybridized carbons (Fsp3) is 0.588. The van der Waals surface area contributed by atoms with E-state index in [0.717, 1.165) is 50.1 Å². The topological polar surface area (TPSA) is 107 Å². The number of hydrogen-bond donors (Lipinski definition) is 4. The number of fused-ring (bicyclic) bond motifs is 2. The lowest BCUT2D eigenvalue weighted by molar-refractivity contribution is -0.137. The molecule has 2 aromatic rings. The highest BCUT2D eigenvalue weighted by atomic mass is 16.6. The highest BCUT2D eigenvalue weighted by Gasteiger charge is 2.47. The van der Waals surface area contributed by atoms with Gasteiger partial charge in [0.2, 0.25) is 11.8 Å². The van der Waals surface area contributed by atoms with E-state index in [4.69, 9.17) is 9.47 Å². The Morgan fingerprint density at radius 2 is 1.10 bits per heavy atom. The fourth-order valence-electron chi connectivity index (χ4n) is 7.29. The largest absolute Gasteiger partial charge is 0.384 e. The van der Waals surface area contributed by atoms with Gasteiger partial charge < -0.3 is 30.7 Å². The molecule has 4 N–H and O–H groups in total. The van der Waals surface area contributed by atoms with Crippen molar-refractivity contribution in [1.29, 1.82) is 0 Å². The molecular weight excluding hydrogens is 528 g/mol. The van der Waals surface area contributed by atoms with Gasteiger partial charge in [-0.05, 0) is 101 Å². The van der Waals surface area contributed by atoms with Crippen molar-refractivity contribution in [2.24, 2.45) is 0 Å². The molecule has 7 rings (SSSR count). The Labute approximate surface area is 248 Å². The first-order chi connectivity index (χ1) is 20.1. The molecule has 0 spiro atoms. The number of amides is 2. The van der Waals surface area contributed by atoms with Crippen LogP contribution < -0.4 is 21.3 Å². The molecular formula is C34H44N4O4. The summed E-state index contributed by atoms with van der Waals surface area (Å²) in [4.78, 5) is 26.3. The third-order valence-electron chi connectivity index (χ3n) is 10.2. The molecule has 0 aliphatic carbocycles. The summed E-state index contributed by atoms with van der Waals surface area (Å²) in [5.74, 6) is 0.210. The van der Waals surface area contributed by atoms with Crippen molar-refractivity contribution in [2.75, 3.05) is 23.7 Å². The van der Waals surface area contributed by atoms with E-state index in [1.54, 1.807) is 0 Å².